The molecule has 1 aliphatic rings. The van der Waals surface area contributed by atoms with Gasteiger partial charge in [-0.25, -0.2) is 4.98 Å². The summed E-state index contributed by atoms with van der Waals surface area (Å²) < 4.78 is 3.20. The Labute approximate surface area is 164 Å². The van der Waals surface area contributed by atoms with Crippen LogP contribution in [0.25, 0.3) is 0 Å². The number of halogens is 1. The van der Waals surface area contributed by atoms with E-state index in [9.17, 15) is 0 Å². The minimum atomic E-state index is 0.432. The number of rotatable bonds is 5. The summed E-state index contributed by atoms with van der Waals surface area (Å²) in [6, 6.07) is 9.08. The molecule has 0 radical (unpaired) electrons. The Morgan fingerprint density at radius 3 is 2.58 bits per heavy atom. The minimum Gasteiger partial charge on any atom is -0.354 e. The molecule has 1 atom stereocenters. The van der Waals surface area contributed by atoms with Gasteiger partial charge in [-0.05, 0) is 24.6 Å². The fraction of sp³-hybridized carbons (Fsp3) is 0.474. The van der Waals surface area contributed by atoms with Crippen LogP contribution < -0.4 is 5.32 Å². The molecule has 1 aromatic carbocycles. The molecule has 2 heterocycles. The summed E-state index contributed by atoms with van der Waals surface area (Å²) in [6.07, 6.45) is 5.63. The lowest BCUT2D eigenvalue weighted by molar-refractivity contribution is 0.138. The van der Waals surface area contributed by atoms with Gasteiger partial charge < -0.3 is 14.8 Å². The molecular weight excluding hydrogens is 392 g/mol. The van der Waals surface area contributed by atoms with Gasteiger partial charge in [-0.15, -0.1) is 0 Å². The van der Waals surface area contributed by atoms with E-state index in [-0.39, 0.29) is 0 Å². The number of nitrogens with zero attached hydrogens (tertiary/aromatic N) is 5. The fourth-order valence-corrected chi connectivity index (χ4v) is 3.59. The van der Waals surface area contributed by atoms with Gasteiger partial charge >= 0.3 is 0 Å². The van der Waals surface area contributed by atoms with Gasteiger partial charge in [0.25, 0.3) is 0 Å². The van der Waals surface area contributed by atoms with Gasteiger partial charge in [-0.3, -0.25) is 9.89 Å². The van der Waals surface area contributed by atoms with Gasteiger partial charge in [0, 0.05) is 69.2 Å². The fourth-order valence-electron chi connectivity index (χ4n) is 3.32. The molecule has 1 unspecified atom stereocenters. The first kappa shape index (κ1) is 18.9. The summed E-state index contributed by atoms with van der Waals surface area (Å²) in [5, 5.41) is 3.46. The topological polar surface area (TPSA) is 48.7 Å². The highest BCUT2D eigenvalue weighted by atomic mass is 79.9. The van der Waals surface area contributed by atoms with Crippen LogP contribution >= 0.6 is 15.9 Å². The van der Waals surface area contributed by atoms with Crippen LogP contribution in [0.15, 0.2) is 52.5 Å². The number of piperazine rings is 1. The molecule has 0 spiro atoms. The van der Waals surface area contributed by atoms with Crippen molar-refractivity contribution in [3.8, 4) is 0 Å². The molecule has 6 nitrogen and oxygen atoms in total. The van der Waals surface area contributed by atoms with Gasteiger partial charge in [0.15, 0.2) is 5.96 Å². The van der Waals surface area contributed by atoms with Crippen LogP contribution in [0.1, 0.15) is 18.5 Å². The average molecular weight is 419 g/mol. The normalized spacial score (nSPS) is 17.3. The Balaban J connectivity index is 1.47. The zero-order valence-corrected chi connectivity index (χ0v) is 17.1. The van der Waals surface area contributed by atoms with Gasteiger partial charge in [0.1, 0.15) is 0 Å². The van der Waals surface area contributed by atoms with E-state index in [0.717, 1.165) is 49.7 Å². The zero-order valence-electron chi connectivity index (χ0n) is 15.5. The number of guanidine groups is 1. The Morgan fingerprint density at radius 2 is 1.96 bits per heavy atom. The number of benzene rings is 1. The number of hydrogen-bond donors (Lipinski definition) is 1. The third-order valence-electron chi connectivity index (χ3n) is 4.94. The van der Waals surface area contributed by atoms with Crippen LogP contribution in [0.5, 0.6) is 0 Å². The first-order valence-corrected chi connectivity index (χ1v) is 9.87. The first-order valence-electron chi connectivity index (χ1n) is 9.08. The van der Waals surface area contributed by atoms with E-state index < -0.39 is 0 Å². The largest absolute Gasteiger partial charge is 0.354 e. The van der Waals surface area contributed by atoms with E-state index in [1.807, 2.05) is 19.6 Å². The molecular formula is C19H27BrN6. The Kier molecular flexibility index (Phi) is 6.68. The highest BCUT2D eigenvalue weighted by molar-refractivity contribution is 9.10. The molecule has 0 saturated carbocycles. The second-order valence-corrected chi connectivity index (χ2v) is 7.44. The summed E-state index contributed by atoms with van der Waals surface area (Å²) in [5.41, 5.74) is 1.37. The Bertz CT molecular complexity index is 689. The van der Waals surface area contributed by atoms with Crippen LogP contribution in [0.4, 0.5) is 0 Å². The summed E-state index contributed by atoms with van der Waals surface area (Å²) >= 11 is 3.51. The lowest BCUT2D eigenvalue weighted by atomic mass is 10.1. The van der Waals surface area contributed by atoms with Gasteiger partial charge in [-0.2, -0.15) is 0 Å². The second kappa shape index (κ2) is 9.19. The number of aliphatic imine (C=N–C) groups is 1. The van der Waals surface area contributed by atoms with Crippen molar-refractivity contribution < 1.29 is 0 Å². The molecule has 1 fully saturated rings. The molecule has 1 aliphatic heterocycles. The first-order chi connectivity index (χ1) is 12.7. The maximum absolute atomic E-state index is 4.45. The summed E-state index contributed by atoms with van der Waals surface area (Å²) in [5.74, 6) is 0.987. The number of nitrogens with one attached hydrogen (secondary N) is 1. The van der Waals surface area contributed by atoms with Crippen molar-refractivity contribution >= 4 is 21.9 Å². The van der Waals surface area contributed by atoms with E-state index in [2.05, 4.69) is 76.8 Å². The van der Waals surface area contributed by atoms with Crippen molar-refractivity contribution in [2.75, 3.05) is 39.8 Å². The van der Waals surface area contributed by atoms with E-state index in [1.165, 1.54) is 5.56 Å². The number of aromatic nitrogens is 2. The van der Waals surface area contributed by atoms with Gasteiger partial charge in [0.05, 0.1) is 6.33 Å². The standard InChI is InChI=1S/C19H27BrN6/c1-16(17-3-5-18(20)6-4-17)25-11-13-26(14-12-25)19(21-2)23-8-10-24-9-7-22-15-24/h3-7,9,15-16H,8,10-14H2,1-2H3,(H,21,23). The molecule has 1 N–H and O–H groups in total. The van der Waals surface area contributed by atoms with Crippen LogP contribution in [0, 0.1) is 0 Å². The Morgan fingerprint density at radius 1 is 1.23 bits per heavy atom. The predicted octanol–water partition coefficient (Wildman–Crippen LogP) is 2.60. The van der Waals surface area contributed by atoms with Gasteiger partial charge in [0.2, 0.25) is 0 Å². The van der Waals surface area contributed by atoms with Gasteiger partial charge in [-0.1, -0.05) is 28.1 Å². The molecule has 1 saturated heterocycles. The number of imidazole rings is 1. The summed E-state index contributed by atoms with van der Waals surface area (Å²) in [4.78, 5) is 13.4. The molecule has 1 aromatic heterocycles. The zero-order chi connectivity index (χ0) is 18.4. The second-order valence-electron chi connectivity index (χ2n) is 6.53. The quantitative estimate of drug-likeness (QED) is 0.598. The third kappa shape index (κ3) is 4.86. The number of hydrogen-bond acceptors (Lipinski definition) is 3. The highest BCUT2D eigenvalue weighted by Crippen LogP contribution is 2.23. The van der Waals surface area contributed by atoms with E-state index in [0.29, 0.717) is 6.04 Å². The maximum atomic E-state index is 4.45. The maximum Gasteiger partial charge on any atom is 0.193 e. The molecule has 3 rings (SSSR count). The van der Waals surface area contributed by atoms with Crippen molar-refractivity contribution in [2.24, 2.45) is 4.99 Å². The van der Waals surface area contributed by atoms with Crippen LogP contribution in [0.2, 0.25) is 0 Å². The van der Waals surface area contributed by atoms with E-state index >= 15 is 0 Å². The lowest BCUT2D eigenvalue weighted by Gasteiger charge is -2.39. The van der Waals surface area contributed by atoms with Crippen molar-refractivity contribution in [3.05, 3.63) is 53.0 Å². The minimum absolute atomic E-state index is 0.432. The summed E-state index contributed by atoms with van der Waals surface area (Å²) in [6.45, 7) is 8.09. The molecule has 2 aromatic rings. The van der Waals surface area contributed by atoms with Crippen LogP contribution in [-0.2, 0) is 6.54 Å². The molecule has 26 heavy (non-hydrogen) atoms. The Hall–Kier alpha value is -1.86. The van der Waals surface area contributed by atoms with Crippen molar-refractivity contribution in [2.45, 2.75) is 19.5 Å². The van der Waals surface area contributed by atoms with Crippen LogP contribution in [0.3, 0.4) is 0 Å². The van der Waals surface area contributed by atoms with E-state index in [1.54, 1.807) is 6.20 Å². The monoisotopic (exact) mass is 418 g/mol. The molecule has 0 bridgehead atoms. The molecule has 0 amide bonds. The predicted molar refractivity (Wildman–Crippen MR) is 109 cm³/mol. The third-order valence-corrected chi connectivity index (χ3v) is 5.47. The van der Waals surface area contributed by atoms with E-state index in [4.69, 9.17) is 0 Å². The van der Waals surface area contributed by atoms with Crippen molar-refractivity contribution in [1.29, 1.82) is 0 Å². The highest BCUT2D eigenvalue weighted by Gasteiger charge is 2.23. The lowest BCUT2D eigenvalue weighted by Crippen LogP contribution is -2.53. The smallest absolute Gasteiger partial charge is 0.193 e. The average Bonchev–Trinajstić information content (AvgIpc) is 3.19. The SMILES string of the molecule is CN=C(NCCn1ccnc1)N1CCN(C(C)c2ccc(Br)cc2)CC1. The van der Waals surface area contributed by atoms with Crippen molar-refractivity contribution in [1.82, 2.24) is 24.7 Å². The van der Waals surface area contributed by atoms with Crippen LogP contribution in [-0.4, -0.2) is 65.1 Å². The molecule has 140 valence electrons. The molecule has 7 heteroatoms. The van der Waals surface area contributed by atoms with Crippen molar-refractivity contribution in [3.63, 3.8) is 0 Å². The molecule has 0 aliphatic carbocycles. The summed E-state index contributed by atoms with van der Waals surface area (Å²) in [7, 11) is 1.86.